The molecule has 0 unspecified atom stereocenters. The van der Waals surface area contributed by atoms with Crippen molar-refractivity contribution < 1.29 is 14.0 Å². The van der Waals surface area contributed by atoms with Crippen LogP contribution in [0.1, 0.15) is 29.8 Å². The Morgan fingerprint density at radius 3 is 1.60 bits per heavy atom. The minimum atomic E-state index is -0.387. The van der Waals surface area contributed by atoms with E-state index >= 15 is 0 Å². The molecule has 9 aromatic heterocycles. The number of rotatable bonds is 2. The van der Waals surface area contributed by atoms with Gasteiger partial charge in [-0.05, 0) is 116 Å². The number of hydrogen-bond acceptors (Lipinski definition) is 19. The average molecular weight is 1590 g/mol. The highest BCUT2D eigenvalue weighted by Crippen LogP contribution is 2.19. The topological polar surface area (TPSA) is 410 Å². The largest absolute Gasteiger partial charge is 0.419 e. The van der Waals surface area contributed by atoms with Crippen LogP contribution in [0.5, 0.6) is 0 Å². The summed E-state index contributed by atoms with van der Waals surface area (Å²) in [7, 11) is 12.7. The third-order valence-electron chi connectivity index (χ3n) is 18.2. The summed E-state index contributed by atoms with van der Waals surface area (Å²) in [6.07, 6.45) is 6.85. The van der Waals surface area contributed by atoms with E-state index in [0.717, 1.165) is 54.9 Å². The van der Waals surface area contributed by atoms with Gasteiger partial charge in [0.15, 0.2) is 5.58 Å². The number of likely N-dealkylation sites (N-methyl/N-ethyl adjacent to an activating group) is 1. The number of nitrogens with one attached hydrogen (secondary N) is 4. The maximum Gasteiger partial charge on any atom is 0.419 e. The molecule has 9 aromatic carbocycles. The van der Waals surface area contributed by atoms with Crippen LogP contribution in [0.3, 0.4) is 0 Å². The number of H-pyrrole nitrogens is 4. The fourth-order valence-corrected chi connectivity index (χ4v) is 11.7. The molecule has 0 atom stereocenters. The second-order valence-electron chi connectivity index (χ2n) is 26.0. The molecule has 0 radical (unpaired) electrons. The minimum Gasteiger partial charge on any atom is -0.408 e. The van der Waals surface area contributed by atoms with Gasteiger partial charge in [-0.1, -0.05) is 127 Å². The van der Waals surface area contributed by atoms with Crippen LogP contribution in [0.4, 0.5) is 0 Å². The zero-order valence-corrected chi connectivity index (χ0v) is 65.7. The van der Waals surface area contributed by atoms with Crippen LogP contribution in [0.2, 0.25) is 0 Å². The van der Waals surface area contributed by atoms with Crippen molar-refractivity contribution in [1.82, 2.24) is 92.0 Å². The van der Waals surface area contributed by atoms with Crippen molar-refractivity contribution >= 4 is 99.1 Å². The number of aromatic nitrogens is 18. The Hall–Kier alpha value is -16.0. The summed E-state index contributed by atoms with van der Waals surface area (Å²) in [6, 6.07) is 67.1. The second kappa shape index (κ2) is 39.0. The number of para-hydroxylation sites is 7. The first-order chi connectivity index (χ1) is 56.7. The van der Waals surface area contributed by atoms with E-state index in [4.69, 9.17) is 4.42 Å². The molecule has 33 heteroatoms. The van der Waals surface area contributed by atoms with Gasteiger partial charge in [0, 0.05) is 92.7 Å². The van der Waals surface area contributed by atoms with E-state index in [9.17, 15) is 62.3 Å². The Labute approximate surface area is 666 Å². The molecule has 33 nitrogen and oxygen atoms in total. The highest BCUT2D eigenvalue weighted by Gasteiger charge is 2.27. The third-order valence-corrected chi connectivity index (χ3v) is 18.2. The average Bonchev–Trinajstić information content (AvgIpc) is 0.938. The van der Waals surface area contributed by atoms with Crippen LogP contribution in [0, 0.1) is 0 Å². The summed E-state index contributed by atoms with van der Waals surface area (Å²) in [6.45, 7) is 5.67. The number of imide groups is 1. The molecule has 10 heterocycles. The molecule has 0 saturated heterocycles. The monoisotopic (exact) mass is 1590 g/mol. The molecule has 0 saturated carbocycles. The highest BCUT2D eigenvalue weighted by molar-refractivity contribution is 6.09. The molecule has 1 aliphatic rings. The molecule has 4 N–H and O–H groups in total. The summed E-state index contributed by atoms with van der Waals surface area (Å²) in [5, 5.41) is 21.8. The van der Waals surface area contributed by atoms with Crippen molar-refractivity contribution in [3.63, 3.8) is 0 Å². The predicted octanol–water partition coefficient (Wildman–Crippen LogP) is 7.10. The normalized spacial score (nSPS) is 11.1. The molecule has 2 amide bonds. The molecule has 0 bridgehead atoms. The van der Waals surface area contributed by atoms with Gasteiger partial charge in [-0.15, -0.1) is 5.10 Å². The van der Waals surface area contributed by atoms with E-state index in [1.807, 2.05) is 135 Å². The zero-order chi connectivity index (χ0) is 84.9. The van der Waals surface area contributed by atoms with Gasteiger partial charge in [0.05, 0.1) is 96.1 Å². The Morgan fingerprint density at radius 1 is 0.415 bits per heavy atom. The summed E-state index contributed by atoms with van der Waals surface area (Å²) in [5.74, 6) is -0.616. The Bertz CT molecular complexity index is 7180. The number of aryl methyl sites for hydroxylation is 8. The number of carbonyl (C=O) groups is 2. The molecule has 18 aromatic rings. The number of benzene rings is 9. The number of amides is 2. The zero-order valence-electron chi connectivity index (χ0n) is 65.7. The van der Waals surface area contributed by atoms with Crippen molar-refractivity contribution in [3.05, 3.63) is 375 Å². The Morgan fingerprint density at radius 2 is 0.941 bits per heavy atom. The number of carbonyl (C=O) groups excluding carboxylic acids is 2. The van der Waals surface area contributed by atoms with Crippen LogP contribution in [0.15, 0.2) is 307 Å². The molecular formula is C85H81N19O14. The first-order valence-electron chi connectivity index (χ1n) is 36.4. The number of hydrogen-bond donors (Lipinski definition) is 4. The van der Waals surface area contributed by atoms with E-state index < -0.39 is 0 Å². The van der Waals surface area contributed by atoms with Crippen LogP contribution in [-0.2, 0) is 73.6 Å². The third kappa shape index (κ3) is 20.3. The smallest absolute Gasteiger partial charge is 0.408 e. The van der Waals surface area contributed by atoms with Gasteiger partial charge in [0.25, 0.3) is 50.4 Å². The number of nitrogens with zero attached hydrogens (tertiary/aromatic N) is 15. The molecule has 0 spiro atoms. The number of imidazole rings is 1. The maximum absolute atomic E-state index is 11.5. The van der Waals surface area contributed by atoms with Crippen LogP contribution < -0.4 is 61.6 Å². The summed E-state index contributed by atoms with van der Waals surface area (Å²) in [5.41, 5.74) is 6.20. The fraction of sp³-hybridized carbons (Fsp3) is 0.153. The van der Waals surface area contributed by atoms with E-state index in [1.54, 1.807) is 137 Å². The van der Waals surface area contributed by atoms with Gasteiger partial charge >= 0.3 is 17.1 Å². The Kier molecular flexibility index (Phi) is 27.9. The van der Waals surface area contributed by atoms with Gasteiger partial charge < -0.3 is 23.1 Å². The lowest BCUT2D eigenvalue weighted by molar-refractivity contribution is -0.127. The van der Waals surface area contributed by atoms with Crippen LogP contribution in [-0.4, -0.2) is 111 Å². The van der Waals surface area contributed by atoms with Gasteiger partial charge in [0.1, 0.15) is 5.52 Å². The lowest BCUT2D eigenvalue weighted by atomic mass is 9.99. The quantitative estimate of drug-likeness (QED) is 0.125. The van der Waals surface area contributed by atoms with E-state index in [1.165, 1.54) is 78.0 Å². The van der Waals surface area contributed by atoms with Gasteiger partial charge in [0.2, 0.25) is 5.91 Å². The minimum absolute atomic E-state index is 0.000556. The standard InChI is InChI=1S/C10H9NO2.2C9H8N2O2.2C9H8N2O.C9H10N2.C9H9NO2.C8H7N3O.C8H8N2O.C5H6N2O2/c1-11-9(12)6-7-4-2-3-5-8(7)10(11)13;1-11-8(12)6-4-2-3-5-7(6)10-9(11)13;1-11-9(13)7-5-3-2-4-6(7)8(12)10-11;1-11-6-10-8-5-3-2-4-7(8)9(11)12;1-11-9(12)8-5-3-2-4-7(8)6-10-11;1-2-11-7-10-8-5-3-4-6-9(8)11;1-2-10-7-5-3-4-6-8(7)12-9(10)11;1-11-8(12)6-4-2-3-5-7(6)9-10-11;1-10-8(11)6-4-2-3-5-7(6)9-10;1-7-3-2-4(8)6-5(7)9/h2-5H,6H2,1H3;2-5H,1H3,(H,10,13);2-5H,1H3,(H,10,12);2*2-6H,1H3;3-7H,2H2,1H3;3-6H,2H2,1H3;2-5H,1H3;2-5,9H,1H3;2-3H,1H3,(H,6,8,9). The SMILES string of the molecule is CCn1c(=O)oc2ccccc21.CCn1cnc2ccccc21.CN1C(=O)Cc2ccccc2C1=O.Cn1[nH]c(=O)c2ccccc2c1=O.Cn1[nH]c2ccccc2c1=O.Cn1c(=O)[nH]c2ccccc2c1=O.Cn1ccc(=O)[nH]c1=O.Cn1cnc2ccccc2c1=O.Cn1ncc2ccccc2c1=O.Cn1nnc2ccccc2c1=O. The maximum atomic E-state index is 11.5. The number of aromatic amines is 4. The van der Waals surface area contributed by atoms with E-state index in [-0.39, 0.29) is 73.4 Å². The molecule has 600 valence electrons. The fourth-order valence-electron chi connectivity index (χ4n) is 11.7. The second-order valence-corrected chi connectivity index (χ2v) is 26.0. The number of oxazole rings is 1. The molecular weight excluding hydrogens is 1510 g/mol. The Balaban J connectivity index is 0.000000138. The lowest BCUT2D eigenvalue weighted by Gasteiger charge is -2.22. The van der Waals surface area contributed by atoms with Crippen LogP contribution >= 0.6 is 0 Å². The van der Waals surface area contributed by atoms with Gasteiger partial charge in [-0.25, -0.2) is 33.7 Å². The van der Waals surface area contributed by atoms with Crippen molar-refractivity contribution in [2.45, 2.75) is 33.4 Å². The lowest BCUT2D eigenvalue weighted by Crippen LogP contribution is -2.39. The van der Waals surface area contributed by atoms with Crippen LogP contribution in [0.25, 0.3) is 87.3 Å². The summed E-state index contributed by atoms with van der Waals surface area (Å²) < 4.78 is 17.8. The molecule has 0 fully saturated rings. The summed E-state index contributed by atoms with van der Waals surface area (Å²) >= 11 is 0. The van der Waals surface area contributed by atoms with E-state index in [2.05, 4.69) is 63.1 Å². The van der Waals surface area contributed by atoms with Crippen molar-refractivity contribution in [2.24, 2.45) is 49.3 Å². The van der Waals surface area contributed by atoms with Crippen molar-refractivity contribution in [1.29, 1.82) is 0 Å². The summed E-state index contributed by atoms with van der Waals surface area (Å²) in [4.78, 5) is 160. The molecule has 19 rings (SSSR count). The molecule has 118 heavy (non-hydrogen) atoms. The van der Waals surface area contributed by atoms with E-state index in [0.29, 0.717) is 62.1 Å². The number of fused-ring (bicyclic) bond motifs is 9. The van der Waals surface area contributed by atoms with Gasteiger partial charge in [-0.3, -0.25) is 86.5 Å². The molecule has 1 aliphatic heterocycles. The predicted molar refractivity (Wildman–Crippen MR) is 453 cm³/mol. The first kappa shape index (κ1) is 84.5. The molecule has 0 aliphatic carbocycles. The highest BCUT2D eigenvalue weighted by atomic mass is 16.4. The van der Waals surface area contributed by atoms with Gasteiger partial charge in [-0.2, -0.15) is 5.10 Å². The van der Waals surface area contributed by atoms with Crippen molar-refractivity contribution in [2.75, 3.05) is 7.05 Å². The van der Waals surface area contributed by atoms with Crippen molar-refractivity contribution in [3.8, 4) is 0 Å². The first-order valence-corrected chi connectivity index (χ1v) is 36.4.